The van der Waals surface area contributed by atoms with Gasteiger partial charge in [-0.2, -0.15) is 0 Å². The Bertz CT molecular complexity index is 672. The number of nitrogens with zero attached hydrogens (tertiary/aromatic N) is 1. The van der Waals surface area contributed by atoms with E-state index in [1.54, 1.807) is 0 Å². The van der Waals surface area contributed by atoms with E-state index in [9.17, 15) is 9.59 Å². The maximum absolute atomic E-state index is 12.0. The van der Waals surface area contributed by atoms with Gasteiger partial charge >= 0.3 is 0 Å². The summed E-state index contributed by atoms with van der Waals surface area (Å²) in [6, 6.07) is 0. The molecular formula is C13H17N3O2S. The zero-order valence-corrected chi connectivity index (χ0v) is 12.1. The molecular weight excluding hydrogens is 262 g/mol. The molecule has 2 heterocycles. The molecule has 0 bridgehead atoms. The van der Waals surface area contributed by atoms with E-state index in [1.165, 1.54) is 11.3 Å². The average Bonchev–Trinajstić information content (AvgIpc) is 2.63. The van der Waals surface area contributed by atoms with E-state index in [4.69, 9.17) is 0 Å². The molecule has 0 aliphatic rings. The van der Waals surface area contributed by atoms with Gasteiger partial charge in [0.05, 0.1) is 5.39 Å². The second-order valence-corrected chi connectivity index (χ2v) is 5.63. The maximum Gasteiger partial charge on any atom is 0.259 e. The summed E-state index contributed by atoms with van der Waals surface area (Å²) in [5, 5.41) is 3.40. The fourth-order valence-corrected chi connectivity index (χ4v) is 2.98. The fraction of sp³-hybridized carbons (Fsp3) is 0.462. The predicted molar refractivity (Wildman–Crippen MR) is 76.7 cm³/mol. The van der Waals surface area contributed by atoms with Crippen LogP contribution in [0.5, 0.6) is 0 Å². The van der Waals surface area contributed by atoms with Gasteiger partial charge in [0.2, 0.25) is 5.91 Å². The maximum atomic E-state index is 12.0. The van der Waals surface area contributed by atoms with Crippen LogP contribution in [0.2, 0.25) is 0 Å². The number of hydrogen-bond acceptors (Lipinski definition) is 4. The van der Waals surface area contributed by atoms with E-state index < -0.39 is 0 Å². The van der Waals surface area contributed by atoms with Crippen LogP contribution in [0.1, 0.15) is 29.6 Å². The molecule has 0 aliphatic heterocycles. The van der Waals surface area contributed by atoms with Crippen LogP contribution < -0.4 is 10.9 Å². The number of aromatic nitrogens is 2. The van der Waals surface area contributed by atoms with E-state index in [0.29, 0.717) is 30.6 Å². The quantitative estimate of drug-likeness (QED) is 0.894. The normalized spacial score (nSPS) is 10.9. The molecule has 0 atom stereocenters. The van der Waals surface area contributed by atoms with Gasteiger partial charge in [-0.1, -0.05) is 0 Å². The third kappa shape index (κ3) is 2.84. The summed E-state index contributed by atoms with van der Waals surface area (Å²) in [6.07, 6.45) is 0.790. The second kappa shape index (κ2) is 5.52. The Morgan fingerprint density at radius 3 is 2.84 bits per heavy atom. The lowest BCUT2D eigenvalue weighted by molar-refractivity contribution is -0.120. The van der Waals surface area contributed by atoms with Crippen molar-refractivity contribution in [3.8, 4) is 0 Å². The smallest absolute Gasteiger partial charge is 0.259 e. The molecule has 2 aromatic heterocycles. The van der Waals surface area contributed by atoms with Crippen molar-refractivity contribution < 1.29 is 4.79 Å². The van der Waals surface area contributed by atoms with Gasteiger partial charge in [-0.25, -0.2) is 4.98 Å². The number of carbonyl (C=O) groups is 1. The van der Waals surface area contributed by atoms with E-state index >= 15 is 0 Å². The summed E-state index contributed by atoms with van der Waals surface area (Å²) in [5.41, 5.74) is 0.877. The Balaban J connectivity index is 2.26. The Labute approximate surface area is 115 Å². The lowest BCUT2D eigenvalue weighted by Crippen LogP contribution is -2.23. The van der Waals surface area contributed by atoms with Crippen LogP contribution in [-0.2, 0) is 11.2 Å². The number of rotatable bonds is 4. The molecule has 2 rings (SSSR count). The number of H-pyrrole nitrogens is 1. The highest BCUT2D eigenvalue weighted by Crippen LogP contribution is 2.25. The van der Waals surface area contributed by atoms with Gasteiger partial charge < -0.3 is 10.3 Å². The van der Waals surface area contributed by atoms with Crippen LogP contribution in [0.4, 0.5) is 0 Å². The van der Waals surface area contributed by atoms with Gasteiger partial charge in [-0.15, -0.1) is 11.3 Å². The van der Waals surface area contributed by atoms with Gasteiger partial charge in [0.15, 0.2) is 0 Å². The number of nitrogens with one attached hydrogen (secondary N) is 2. The third-order valence-corrected chi connectivity index (χ3v) is 4.15. The van der Waals surface area contributed by atoms with Crippen molar-refractivity contribution in [3.63, 3.8) is 0 Å². The van der Waals surface area contributed by atoms with Crippen molar-refractivity contribution in [2.75, 3.05) is 6.54 Å². The third-order valence-electron chi connectivity index (χ3n) is 3.05. The number of carbonyl (C=O) groups excluding carboxylic acids is 1. The number of thiophene rings is 1. The first-order chi connectivity index (χ1) is 9.02. The highest BCUT2D eigenvalue weighted by Gasteiger charge is 2.12. The van der Waals surface area contributed by atoms with E-state index in [-0.39, 0.29) is 11.5 Å². The summed E-state index contributed by atoms with van der Waals surface area (Å²) in [4.78, 5) is 32.5. The molecule has 0 radical (unpaired) electrons. The van der Waals surface area contributed by atoms with Gasteiger partial charge in [0.1, 0.15) is 10.7 Å². The number of aromatic amines is 1. The number of hydrogen-bond donors (Lipinski definition) is 2. The van der Waals surface area contributed by atoms with Crippen molar-refractivity contribution in [3.05, 3.63) is 26.6 Å². The summed E-state index contributed by atoms with van der Waals surface area (Å²) >= 11 is 1.52. The number of amides is 1. The van der Waals surface area contributed by atoms with Crippen LogP contribution in [0.3, 0.4) is 0 Å². The van der Waals surface area contributed by atoms with E-state index in [2.05, 4.69) is 15.3 Å². The highest BCUT2D eigenvalue weighted by atomic mass is 32.1. The van der Waals surface area contributed by atoms with Gasteiger partial charge in [0.25, 0.3) is 5.56 Å². The van der Waals surface area contributed by atoms with Crippen molar-refractivity contribution >= 4 is 27.5 Å². The molecule has 0 fully saturated rings. The molecule has 102 valence electrons. The van der Waals surface area contributed by atoms with Crippen LogP contribution in [0.25, 0.3) is 10.2 Å². The first-order valence-electron chi connectivity index (χ1n) is 6.28. The average molecular weight is 279 g/mol. The van der Waals surface area contributed by atoms with Crippen molar-refractivity contribution in [2.24, 2.45) is 0 Å². The number of aryl methyl sites for hydroxylation is 3. The topological polar surface area (TPSA) is 74.8 Å². The zero-order valence-electron chi connectivity index (χ0n) is 11.3. The Morgan fingerprint density at radius 1 is 1.42 bits per heavy atom. The lowest BCUT2D eigenvalue weighted by Gasteiger charge is -2.02. The molecule has 0 spiro atoms. The zero-order chi connectivity index (χ0) is 14.0. The lowest BCUT2D eigenvalue weighted by atomic mass is 10.2. The molecule has 2 aromatic rings. The number of fused-ring (bicyclic) bond motifs is 1. The van der Waals surface area contributed by atoms with Gasteiger partial charge in [0, 0.05) is 24.3 Å². The van der Waals surface area contributed by atoms with Crippen LogP contribution in [0, 0.1) is 13.8 Å². The summed E-state index contributed by atoms with van der Waals surface area (Å²) in [6.45, 7) is 6.40. The van der Waals surface area contributed by atoms with Crippen molar-refractivity contribution in [1.82, 2.24) is 15.3 Å². The summed E-state index contributed by atoms with van der Waals surface area (Å²) < 4.78 is 0. The Kier molecular flexibility index (Phi) is 3.99. The van der Waals surface area contributed by atoms with Gasteiger partial charge in [-0.3, -0.25) is 9.59 Å². The van der Waals surface area contributed by atoms with Crippen LogP contribution in [-0.4, -0.2) is 22.4 Å². The van der Waals surface area contributed by atoms with E-state index in [1.807, 2.05) is 20.8 Å². The first-order valence-corrected chi connectivity index (χ1v) is 7.10. The molecule has 2 N–H and O–H groups in total. The monoisotopic (exact) mass is 279 g/mol. The fourth-order valence-electron chi connectivity index (χ4n) is 1.94. The second-order valence-electron chi connectivity index (χ2n) is 4.43. The summed E-state index contributed by atoms with van der Waals surface area (Å²) in [7, 11) is 0. The minimum Gasteiger partial charge on any atom is -0.356 e. The highest BCUT2D eigenvalue weighted by molar-refractivity contribution is 7.18. The van der Waals surface area contributed by atoms with Crippen LogP contribution >= 0.6 is 11.3 Å². The molecule has 0 aliphatic carbocycles. The Hall–Kier alpha value is -1.69. The van der Waals surface area contributed by atoms with Gasteiger partial charge in [-0.05, 0) is 26.3 Å². The molecule has 1 amide bonds. The van der Waals surface area contributed by atoms with Crippen LogP contribution in [0.15, 0.2) is 4.79 Å². The SMILES string of the molecule is CCNC(=O)CCc1nc2sc(C)c(C)c2c(=O)[nH]1. The molecule has 0 unspecified atom stereocenters. The standard InChI is InChI=1S/C13H17N3O2S/c1-4-14-10(17)6-5-9-15-12(18)11-7(2)8(3)19-13(11)16-9/h4-6H2,1-3H3,(H,14,17)(H,15,16,18). The molecule has 19 heavy (non-hydrogen) atoms. The van der Waals surface area contributed by atoms with Crippen molar-refractivity contribution in [1.29, 1.82) is 0 Å². The largest absolute Gasteiger partial charge is 0.356 e. The molecule has 5 nitrogen and oxygen atoms in total. The minimum absolute atomic E-state index is 0.0243. The predicted octanol–water partition coefficient (Wildman–Crippen LogP) is 1.67. The van der Waals surface area contributed by atoms with Crippen molar-refractivity contribution in [2.45, 2.75) is 33.6 Å². The Morgan fingerprint density at radius 2 is 2.16 bits per heavy atom. The molecule has 6 heteroatoms. The summed E-state index contributed by atoms with van der Waals surface area (Å²) in [5.74, 6) is 0.550. The van der Waals surface area contributed by atoms with E-state index in [0.717, 1.165) is 15.3 Å². The molecule has 0 aromatic carbocycles. The minimum atomic E-state index is -0.113. The molecule has 0 saturated carbocycles. The molecule has 0 saturated heterocycles. The first kappa shape index (κ1) is 13.7.